The van der Waals surface area contributed by atoms with Crippen molar-refractivity contribution in [1.82, 2.24) is 4.98 Å². The molecule has 1 unspecified atom stereocenters. The number of hydrogen-bond donors (Lipinski definition) is 2. The molecule has 3 rings (SSSR count). The standard InChI is InChI=1S/C17H21N3O/c1-20(2)16-9-4-3-6-15(16)18-13-7-5-8-14-12(13)10-11-17(21)19-14/h3-4,6,9-11,13,18H,5,7-8H2,1-2H3,(H,19,21). The highest BCUT2D eigenvalue weighted by atomic mass is 16.1. The number of para-hydroxylation sites is 2. The summed E-state index contributed by atoms with van der Waals surface area (Å²) in [6.45, 7) is 0. The topological polar surface area (TPSA) is 48.1 Å². The predicted octanol–water partition coefficient (Wildman–Crippen LogP) is 2.93. The van der Waals surface area contributed by atoms with E-state index in [9.17, 15) is 4.79 Å². The van der Waals surface area contributed by atoms with Crippen LogP contribution in [-0.2, 0) is 6.42 Å². The van der Waals surface area contributed by atoms with Gasteiger partial charge in [-0.15, -0.1) is 0 Å². The summed E-state index contributed by atoms with van der Waals surface area (Å²) in [6, 6.07) is 12.2. The van der Waals surface area contributed by atoms with Crippen molar-refractivity contribution >= 4 is 11.4 Å². The van der Waals surface area contributed by atoms with E-state index >= 15 is 0 Å². The number of aromatic amines is 1. The Labute approximate surface area is 124 Å². The van der Waals surface area contributed by atoms with E-state index in [4.69, 9.17) is 0 Å². The average Bonchev–Trinajstić information content (AvgIpc) is 2.47. The number of hydrogen-bond acceptors (Lipinski definition) is 3. The molecule has 2 aromatic rings. The molecule has 2 N–H and O–H groups in total. The summed E-state index contributed by atoms with van der Waals surface area (Å²) in [5.41, 5.74) is 4.59. The third-order valence-electron chi connectivity index (χ3n) is 4.05. The quantitative estimate of drug-likeness (QED) is 0.910. The Morgan fingerprint density at radius 3 is 2.81 bits per heavy atom. The van der Waals surface area contributed by atoms with Gasteiger partial charge in [0.25, 0.3) is 0 Å². The molecule has 0 radical (unpaired) electrons. The molecule has 0 amide bonds. The normalized spacial score (nSPS) is 17.1. The molecule has 1 heterocycles. The van der Waals surface area contributed by atoms with Crippen LogP contribution in [0.3, 0.4) is 0 Å². The second-order valence-electron chi connectivity index (χ2n) is 5.76. The number of aromatic nitrogens is 1. The summed E-state index contributed by atoms with van der Waals surface area (Å²) < 4.78 is 0. The SMILES string of the molecule is CN(C)c1ccccc1NC1CCCc2[nH]c(=O)ccc21. The van der Waals surface area contributed by atoms with Crippen LogP contribution in [0.25, 0.3) is 0 Å². The van der Waals surface area contributed by atoms with Crippen molar-refractivity contribution in [3.63, 3.8) is 0 Å². The Bertz CT molecular complexity index is 690. The monoisotopic (exact) mass is 283 g/mol. The Morgan fingerprint density at radius 1 is 1.19 bits per heavy atom. The fourth-order valence-corrected chi connectivity index (χ4v) is 3.02. The smallest absolute Gasteiger partial charge is 0.248 e. The van der Waals surface area contributed by atoms with Gasteiger partial charge in [0.05, 0.1) is 17.4 Å². The first-order valence-electron chi connectivity index (χ1n) is 7.40. The Kier molecular flexibility index (Phi) is 3.69. The van der Waals surface area contributed by atoms with Crippen molar-refractivity contribution in [2.75, 3.05) is 24.3 Å². The molecule has 4 nitrogen and oxygen atoms in total. The summed E-state index contributed by atoms with van der Waals surface area (Å²) in [6.07, 6.45) is 3.13. The number of fused-ring (bicyclic) bond motifs is 1. The van der Waals surface area contributed by atoms with Gasteiger partial charge in [-0.2, -0.15) is 0 Å². The van der Waals surface area contributed by atoms with Crippen LogP contribution < -0.4 is 15.8 Å². The second kappa shape index (κ2) is 5.64. The van der Waals surface area contributed by atoms with Crippen LogP contribution in [0.1, 0.15) is 30.1 Å². The van der Waals surface area contributed by atoms with E-state index in [0.717, 1.165) is 30.6 Å². The lowest BCUT2D eigenvalue weighted by Crippen LogP contribution is -2.22. The number of aryl methyl sites for hydroxylation is 1. The number of benzene rings is 1. The van der Waals surface area contributed by atoms with Crippen molar-refractivity contribution in [2.24, 2.45) is 0 Å². The lowest BCUT2D eigenvalue weighted by Gasteiger charge is -2.28. The van der Waals surface area contributed by atoms with E-state index in [2.05, 4.69) is 27.3 Å². The maximum Gasteiger partial charge on any atom is 0.248 e. The molecular formula is C17H21N3O. The first-order valence-corrected chi connectivity index (χ1v) is 7.40. The van der Waals surface area contributed by atoms with Gasteiger partial charge in [-0.1, -0.05) is 12.1 Å². The number of H-pyrrole nitrogens is 1. The molecule has 110 valence electrons. The zero-order valence-corrected chi connectivity index (χ0v) is 12.5. The number of nitrogens with one attached hydrogen (secondary N) is 2. The summed E-state index contributed by atoms with van der Waals surface area (Å²) in [4.78, 5) is 16.6. The number of rotatable bonds is 3. The van der Waals surface area contributed by atoms with E-state index in [1.165, 1.54) is 11.3 Å². The molecule has 21 heavy (non-hydrogen) atoms. The zero-order chi connectivity index (χ0) is 14.8. The van der Waals surface area contributed by atoms with E-state index in [0.29, 0.717) is 0 Å². The van der Waals surface area contributed by atoms with Crippen LogP contribution in [-0.4, -0.2) is 19.1 Å². The molecule has 4 heteroatoms. The molecule has 1 aliphatic rings. The molecule has 0 fully saturated rings. The van der Waals surface area contributed by atoms with Crippen LogP contribution in [0.2, 0.25) is 0 Å². The van der Waals surface area contributed by atoms with Gasteiger partial charge >= 0.3 is 0 Å². The van der Waals surface area contributed by atoms with E-state index in [-0.39, 0.29) is 11.6 Å². The lowest BCUT2D eigenvalue weighted by atomic mass is 9.91. The predicted molar refractivity (Wildman–Crippen MR) is 87.1 cm³/mol. The summed E-state index contributed by atoms with van der Waals surface area (Å²) in [5.74, 6) is 0. The molecule has 0 saturated carbocycles. The van der Waals surface area contributed by atoms with Crippen LogP contribution in [0.4, 0.5) is 11.4 Å². The van der Waals surface area contributed by atoms with Crippen LogP contribution in [0.5, 0.6) is 0 Å². The molecule has 1 atom stereocenters. The molecule has 1 aliphatic carbocycles. The van der Waals surface area contributed by atoms with Gasteiger partial charge in [-0.25, -0.2) is 0 Å². The fourth-order valence-electron chi connectivity index (χ4n) is 3.02. The molecule has 1 aromatic carbocycles. The molecule has 0 spiro atoms. The van der Waals surface area contributed by atoms with Crippen LogP contribution in [0, 0.1) is 0 Å². The summed E-state index contributed by atoms with van der Waals surface area (Å²) >= 11 is 0. The van der Waals surface area contributed by atoms with Crippen molar-refractivity contribution < 1.29 is 0 Å². The fraction of sp³-hybridized carbons (Fsp3) is 0.353. The maximum absolute atomic E-state index is 11.5. The highest BCUT2D eigenvalue weighted by molar-refractivity contribution is 5.70. The minimum Gasteiger partial charge on any atom is -0.376 e. The van der Waals surface area contributed by atoms with Gasteiger partial charge in [-0.05, 0) is 43.0 Å². The van der Waals surface area contributed by atoms with Gasteiger partial charge in [0, 0.05) is 25.9 Å². The van der Waals surface area contributed by atoms with Crippen molar-refractivity contribution in [2.45, 2.75) is 25.3 Å². The van der Waals surface area contributed by atoms with E-state index in [1.807, 2.05) is 32.3 Å². The van der Waals surface area contributed by atoms with Crippen LogP contribution >= 0.6 is 0 Å². The first-order chi connectivity index (χ1) is 10.1. The van der Waals surface area contributed by atoms with Crippen LogP contribution in [0.15, 0.2) is 41.2 Å². The Morgan fingerprint density at radius 2 is 2.00 bits per heavy atom. The first kappa shape index (κ1) is 13.7. The maximum atomic E-state index is 11.5. The van der Waals surface area contributed by atoms with E-state index < -0.39 is 0 Å². The highest BCUT2D eigenvalue weighted by Crippen LogP contribution is 2.33. The zero-order valence-electron chi connectivity index (χ0n) is 12.5. The van der Waals surface area contributed by atoms with Gasteiger partial charge in [-0.3, -0.25) is 4.79 Å². The van der Waals surface area contributed by atoms with Gasteiger partial charge in [0.1, 0.15) is 0 Å². The van der Waals surface area contributed by atoms with Gasteiger partial charge in [0.2, 0.25) is 5.56 Å². The Balaban J connectivity index is 1.92. The number of nitrogens with zero attached hydrogens (tertiary/aromatic N) is 1. The molecular weight excluding hydrogens is 262 g/mol. The third-order valence-corrected chi connectivity index (χ3v) is 4.05. The minimum atomic E-state index is -0.0110. The number of anilines is 2. The summed E-state index contributed by atoms with van der Waals surface area (Å²) in [7, 11) is 4.10. The largest absolute Gasteiger partial charge is 0.376 e. The minimum absolute atomic E-state index is 0.0110. The van der Waals surface area contributed by atoms with Gasteiger partial charge in [0.15, 0.2) is 0 Å². The summed E-state index contributed by atoms with van der Waals surface area (Å²) in [5, 5.41) is 3.64. The van der Waals surface area contributed by atoms with Crippen molar-refractivity contribution in [1.29, 1.82) is 0 Å². The van der Waals surface area contributed by atoms with Crippen molar-refractivity contribution in [3.8, 4) is 0 Å². The second-order valence-corrected chi connectivity index (χ2v) is 5.76. The average molecular weight is 283 g/mol. The molecule has 1 aromatic heterocycles. The molecule has 0 aliphatic heterocycles. The highest BCUT2D eigenvalue weighted by Gasteiger charge is 2.21. The Hall–Kier alpha value is -2.23. The van der Waals surface area contributed by atoms with Gasteiger partial charge < -0.3 is 15.2 Å². The van der Waals surface area contributed by atoms with E-state index in [1.54, 1.807) is 6.07 Å². The number of pyridine rings is 1. The molecule has 0 bridgehead atoms. The third kappa shape index (κ3) is 2.79. The lowest BCUT2D eigenvalue weighted by molar-refractivity contribution is 0.587. The van der Waals surface area contributed by atoms with Crippen molar-refractivity contribution in [3.05, 3.63) is 58.0 Å². The molecule has 0 saturated heterocycles.